The Kier molecular flexibility index (Phi) is 7.03. The first-order valence-corrected chi connectivity index (χ1v) is 12.7. The zero-order valence-electron chi connectivity index (χ0n) is 20.0. The van der Waals surface area contributed by atoms with E-state index in [9.17, 15) is 19.5 Å². The van der Waals surface area contributed by atoms with E-state index in [4.69, 9.17) is 8.83 Å². The summed E-state index contributed by atoms with van der Waals surface area (Å²) in [5.74, 6) is -0.822. The fourth-order valence-electron chi connectivity index (χ4n) is 4.47. The van der Waals surface area contributed by atoms with Gasteiger partial charge in [-0.05, 0) is 50.6 Å². The number of carboxylic acids is 1. The topological polar surface area (TPSA) is 113 Å². The third kappa shape index (κ3) is 4.71. The van der Waals surface area contributed by atoms with Crippen molar-refractivity contribution in [1.82, 2.24) is 5.32 Å². The van der Waals surface area contributed by atoms with E-state index >= 15 is 0 Å². The molecule has 2 heterocycles. The molecule has 0 bridgehead atoms. The van der Waals surface area contributed by atoms with Crippen LogP contribution in [0.25, 0.3) is 33.1 Å². The Morgan fingerprint density at radius 3 is 2.37 bits per heavy atom. The fraction of sp³-hybridized carbons (Fsp3) is 0.296. The first-order chi connectivity index (χ1) is 16.7. The highest BCUT2D eigenvalue weighted by Crippen LogP contribution is 2.39. The molecule has 0 aliphatic heterocycles. The van der Waals surface area contributed by atoms with Gasteiger partial charge in [0.1, 0.15) is 16.9 Å². The number of aryl methyl sites for hydroxylation is 3. The van der Waals surface area contributed by atoms with Crippen molar-refractivity contribution in [1.29, 1.82) is 0 Å². The van der Waals surface area contributed by atoms with Crippen LogP contribution in [0.4, 0.5) is 0 Å². The molecule has 4 aromatic rings. The standard InChI is InChI=1S/C27H27NO6S/c1-14-18(10-11-22(29)28-21(13-35-4)26(30)31)27(32)34-24-15(2)25-20(12-19(14)24)23(16(3)33-25)17-8-6-5-7-9-17/h5-9,12,21H,10-11,13H2,1-4H3,(H,28,29)(H,30,31)/p-1/t21-/m0/s1. The molecule has 0 aliphatic carbocycles. The van der Waals surface area contributed by atoms with Gasteiger partial charge in [-0.15, -0.1) is 0 Å². The predicted octanol–water partition coefficient (Wildman–Crippen LogP) is 3.66. The van der Waals surface area contributed by atoms with Crippen LogP contribution >= 0.6 is 11.8 Å². The van der Waals surface area contributed by atoms with Gasteiger partial charge in [0.2, 0.25) is 5.91 Å². The molecule has 35 heavy (non-hydrogen) atoms. The van der Waals surface area contributed by atoms with Crippen LogP contribution in [0.1, 0.15) is 28.9 Å². The van der Waals surface area contributed by atoms with Gasteiger partial charge < -0.3 is 24.1 Å². The maximum absolute atomic E-state index is 12.8. The molecule has 0 radical (unpaired) electrons. The van der Waals surface area contributed by atoms with Crippen LogP contribution in [-0.4, -0.2) is 29.9 Å². The Morgan fingerprint density at radius 2 is 1.71 bits per heavy atom. The fourth-order valence-corrected chi connectivity index (χ4v) is 5.02. The average molecular weight is 493 g/mol. The SMILES string of the molecule is CSC[C@H](NC(=O)CCc1c(C)c2cc3c(-c4ccccc4)c(C)oc3c(C)c2oc1=O)C(=O)[O-]. The molecule has 7 nitrogen and oxygen atoms in total. The number of aliphatic carboxylic acids is 1. The number of fused-ring (bicyclic) bond motifs is 2. The zero-order valence-corrected chi connectivity index (χ0v) is 20.8. The number of furan rings is 1. The second-order valence-electron chi connectivity index (χ2n) is 8.54. The van der Waals surface area contributed by atoms with E-state index in [2.05, 4.69) is 5.32 Å². The Hall–Kier alpha value is -3.52. The summed E-state index contributed by atoms with van der Waals surface area (Å²) in [5, 5.41) is 15.4. The lowest BCUT2D eigenvalue weighted by atomic mass is 9.96. The number of carbonyl (C=O) groups excluding carboxylic acids is 2. The number of nitrogens with one attached hydrogen (secondary N) is 1. The van der Waals surface area contributed by atoms with Gasteiger partial charge in [-0.3, -0.25) is 4.79 Å². The van der Waals surface area contributed by atoms with Crippen LogP contribution in [-0.2, 0) is 16.0 Å². The number of hydrogen-bond donors (Lipinski definition) is 1. The zero-order chi connectivity index (χ0) is 25.3. The van der Waals surface area contributed by atoms with Crippen molar-refractivity contribution in [2.24, 2.45) is 0 Å². The molecule has 1 amide bonds. The van der Waals surface area contributed by atoms with Crippen molar-refractivity contribution < 1.29 is 23.5 Å². The molecule has 0 spiro atoms. The van der Waals surface area contributed by atoms with Crippen LogP contribution in [0.2, 0.25) is 0 Å². The Labute approximate surface area is 206 Å². The van der Waals surface area contributed by atoms with Crippen molar-refractivity contribution in [3.63, 3.8) is 0 Å². The molecule has 0 fully saturated rings. The predicted molar refractivity (Wildman–Crippen MR) is 136 cm³/mol. The van der Waals surface area contributed by atoms with Crippen LogP contribution < -0.4 is 16.0 Å². The van der Waals surface area contributed by atoms with Gasteiger partial charge in [-0.1, -0.05) is 30.3 Å². The van der Waals surface area contributed by atoms with Crippen LogP contribution in [0.3, 0.4) is 0 Å². The van der Waals surface area contributed by atoms with Crippen LogP contribution in [0, 0.1) is 20.8 Å². The first-order valence-electron chi connectivity index (χ1n) is 11.3. The minimum absolute atomic E-state index is 0.0451. The number of carbonyl (C=O) groups is 2. The molecule has 182 valence electrons. The number of rotatable bonds is 8. The molecule has 0 unspecified atom stereocenters. The van der Waals surface area contributed by atoms with Crippen molar-refractivity contribution in [3.8, 4) is 11.1 Å². The summed E-state index contributed by atoms with van der Waals surface area (Å²) in [6.45, 7) is 5.62. The summed E-state index contributed by atoms with van der Waals surface area (Å²) in [7, 11) is 0. The molecule has 0 aliphatic rings. The highest BCUT2D eigenvalue weighted by atomic mass is 32.2. The van der Waals surface area contributed by atoms with Gasteiger partial charge in [0.15, 0.2) is 0 Å². The van der Waals surface area contributed by atoms with Gasteiger partial charge >= 0.3 is 5.63 Å². The molecule has 8 heteroatoms. The molecular weight excluding hydrogens is 466 g/mol. The van der Waals surface area contributed by atoms with E-state index in [1.807, 2.05) is 57.2 Å². The lowest BCUT2D eigenvalue weighted by molar-refractivity contribution is -0.307. The van der Waals surface area contributed by atoms with Crippen LogP contribution in [0.15, 0.2) is 50.0 Å². The van der Waals surface area contributed by atoms with E-state index in [0.717, 1.165) is 38.8 Å². The van der Waals surface area contributed by atoms with Gasteiger partial charge in [-0.25, -0.2) is 4.79 Å². The molecule has 0 saturated carbocycles. The van der Waals surface area contributed by atoms with E-state index < -0.39 is 23.5 Å². The van der Waals surface area contributed by atoms with Crippen molar-refractivity contribution >= 4 is 45.6 Å². The largest absolute Gasteiger partial charge is 0.548 e. The van der Waals surface area contributed by atoms with E-state index in [-0.39, 0.29) is 18.6 Å². The highest BCUT2D eigenvalue weighted by molar-refractivity contribution is 7.98. The summed E-state index contributed by atoms with van der Waals surface area (Å²) < 4.78 is 11.8. The summed E-state index contributed by atoms with van der Waals surface area (Å²) in [6, 6.07) is 10.8. The molecule has 1 N–H and O–H groups in total. The molecule has 0 saturated heterocycles. The monoisotopic (exact) mass is 492 g/mol. The number of thioether (sulfide) groups is 1. The van der Waals surface area contributed by atoms with Gasteiger partial charge in [0.05, 0.1) is 12.0 Å². The second-order valence-corrected chi connectivity index (χ2v) is 9.45. The third-order valence-corrected chi connectivity index (χ3v) is 6.92. The molecule has 4 rings (SSSR count). The van der Waals surface area contributed by atoms with Crippen LogP contribution in [0.5, 0.6) is 0 Å². The maximum atomic E-state index is 12.8. The van der Waals surface area contributed by atoms with Crippen molar-refractivity contribution in [2.75, 3.05) is 12.0 Å². The second kappa shape index (κ2) is 10.00. The number of hydrogen-bond acceptors (Lipinski definition) is 7. The van der Waals surface area contributed by atoms with Crippen molar-refractivity contribution in [2.45, 2.75) is 39.7 Å². The minimum atomic E-state index is -1.33. The smallest absolute Gasteiger partial charge is 0.339 e. The van der Waals surface area contributed by atoms with E-state index in [1.54, 1.807) is 6.26 Å². The maximum Gasteiger partial charge on any atom is 0.339 e. The summed E-state index contributed by atoms with van der Waals surface area (Å²) in [5.41, 5.74) is 4.49. The molecular formula is C27H26NO6S-. The first kappa shape index (κ1) is 24.6. The molecule has 2 aromatic heterocycles. The average Bonchev–Trinajstić information content (AvgIpc) is 3.16. The number of carboxylic acid groups (broad SMARTS) is 1. The molecule has 2 aromatic carbocycles. The van der Waals surface area contributed by atoms with E-state index in [1.165, 1.54) is 11.8 Å². The molecule has 1 atom stereocenters. The third-order valence-electron chi connectivity index (χ3n) is 6.25. The van der Waals surface area contributed by atoms with Crippen molar-refractivity contribution in [3.05, 3.63) is 69.3 Å². The summed E-state index contributed by atoms with van der Waals surface area (Å²) in [6.07, 6.45) is 1.83. The number of amides is 1. The van der Waals surface area contributed by atoms with E-state index in [0.29, 0.717) is 16.7 Å². The van der Waals surface area contributed by atoms with Gasteiger partial charge in [0, 0.05) is 39.6 Å². The highest BCUT2D eigenvalue weighted by Gasteiger charge is 2.21. The number of benzene rings is 2. The Bertz CT molecular complexity index is 1490. The minimum Gasteiger partial charge on any atom is -0.548 e. The summed E-state index contributed by atoms with van der Waals surface area (Å²) >= 11 is 1.30. The Morgan fingerprint density at radius 1 is 1.03 bits per heavy atom. The normalized spacial score (nSPS) is 12.2. The Balaban J connectivity index is 1.74. The lowest BCUT2D eigenvalue weighted by Crippen LogP contribution is -2.49. The quantitative estimate of drug-likeness (QED) is 0.374. The summed E-state index contributed by atoms with van der Waals surface area (Å²) in [4.78, 5) is 36.4. The van der Waals surface area contributed by atoms with Gasteiger partial charge in [-0.2, -0.15) is 11.8 Å². The lowest BCUT2D eigenvalue weighted by Gasteiger charge is -2.18. The van der Waals surface area contributed by atoms with Gasteiger partial charge in [0.25, 0.3) is 0 Å².